The summed E-state index contributed by atoms with van der Waals surface area (Å²) in [6, 6.07) is -0.496. The zero-order chi connectivity index (χ0) is 24.0. The molecular formula is C21H30F2N6O3S. The number of alkyl halides is 1. The zero-order valence-corrected chi connectivity index (χ0v) is 19.6. The van der Waals surface area contributed by atoms with Crippen molar-refractivity contribution in [1.82, 2.24) is 19.5 Å². The quantitative estimate of drug-likeness (QED) is 0.463. The molecule has 33 heavy (non-hydrogen) atoms. The molecule has 9 nitrogen and oxygen atoms in total. The molecule has 0 saturated carbocycles. The monoisotopic (exact) mass is 484 g/mol. The Kier molecular flexibility index (Phi) is 8.38. The van der Waals surface area contributed by atoms with E-state index >= 15 is 0 Å². The van der Waals surface area contributed by atoms with E-state index in [4.69, 9.17) is 10.5 Å². The van der Waals surface area contributed by atoms with Gasteiger partial charge in [0.05, 0.1) is 12.5 Å². The van der Waals surface area contributed by atoms with Gasteiger partial charge in [0, 0.05) is 32.7 Å². The lowest BCUT2D eigenvalue weighted by Crippen LogP contribution is -2.45. The number of amides is 3. The summed E-state index contributed by atoms with van der Waals surface area (Å²) in [5.41, 5.74) is 3.52. The van der Waals surface area contributed by atoms with Crippen LogP contribution in [0.4, 0.5) is 18.6 Å². The zero-order valence-electron chi connectivity index (χ0n) is 18.8. The number of hydrogen-bond donors (Lipinski definition) is 3. The smallest absolute Gasteiger partial charge is 0.319 e. The van der Waals surface area contributed by atoms with Gasteiger partial charge in [-0.1, -0.05) is 0 Å². The fraction of sp³-hybridized carbons (Fsp3) is 0.571. The maximum absolute atomic E-state index is 14.6. The standard InChI is InChI=1S/C21H30F2N6O3S/c1-21(23)5-4-15(22)12-14(21)13-32-18-16(17(24)30)19(33-27-18)26-20(31)25-6-3-7-29-10-8-28(2)9-11-29/h4-5,12,14H,3,6-11,13H2,1-2H3,(H2,24,30)(H2,25,26,31). The highest BCUT2D eigenvalue weighted by atomic mass is 32.1. The Morgan fingerprint density at radius 2 is 2.09 bits per heavy atom. The van der Waals surface area contributed by atoms with Gasteiger partial charge < -0.3 is 25.6 Å². The highest BCUT2D eigenvalue weighted by Gasteiger charge is 2.34. The van der Waals surface area contributed by atoms with Crippen molar-refractivity contribution in [2.75, 3.05) is 58.2 Å². The largest absolute Gasteiger partial charge is 0.476 e. The first kappa shape index (κ1) is 25.1. The number of nitrogens with two attached hydrogens (primary N) is 1. The molecule has 1 aromatic heterocycles. The SMILES string of the molecule is CN1CCN(CCCNC(=O)Nc2snc(OCC3C=C(F)C=CC3(C)F)c2C(N)=O)CC1. The predicted molar refractivity (Wildman–Crippen MR) is 123 cm³/mol. The first-order chi connectivity index (χ1) is 15.7. The van der Waals surface area contributed by atoms with Crippen LogP contribution in [0.15, 0.2) is 24.1 Å². The normalized spacial score (nSPS) is 23.8. The molecule has 0 radical (unpaired) electrons. The second-order valence-electron chi connectivity index (χ2n) is 8.39. The number of urea groups is 1. The molecule has 1 aromatic rings. The van der Waals surface area contributed by atoms with Crippen LogP contribution in [0.3, 0.4) is 0 Å². The maximum atomic E-state index is 14.6. The Morgan fingerprint density at radius 3 is 2.79 bits per heavy atom. The molecule has 0 aromatic carbocycles. The second-order valence-corrected chi connectivity index (χ2v) is 9.16. The molecule has 4 N–H and O–H groups in total. The Bertz CT molecular complexity index is 912. The number of piperazine rings is 1. The Balaban J connectivity index is 1.50. The van der Waals surface area contributed by atoms with Crippen molar-refractivity contribution >= 4 is 28.5 Å². The minimum absolute atomic E-state index is 0.107. The molecular weight excluding hydrogens is 454 g/mol. The fourth-order valence-corrected chi connectivity index (χ4v) is 4.29. The molecule has 182 valence electrons. The van der Waals surface area contributed by atoms with Gasteiger partial charge in [0.1, 0.15) is 22.1 Å². The first-order valence-electron chi connectivity index (χ1n) is 10.8. The van der Waals surface area contributed by atoms with E-state index in [0.717, 1.165) is 68.9 Å². The number of ether oxygens (including phenoxy) is 1. The number of aromatic nitrogens is 1. The Hall–Kier alpha value is -2.57. The lowest BCUT2D eigenvalue weighted by Gasteiger charge is -2.32. The van der Waals surface area contributed by atoms with Gasteiger partial charge in [-0.3, -0.25) is 10.1 Å². The van der Waals surface area contributed by atoms with Crippen LogP contribution in [0.5, 0.6) is 5.88 Å². The fourth-order valence-electron chi connectivity index (χ4n) is 3.56. The number of anilines is 1. The van der Waals surface area contributed by atoms with Crippen molar-refractivity contribution in [2.45, 2.75) is 19.0 Å². The molecule has 12 heteroatoms. The van der Waals surface area contributed by atoms with Gasteiger partial charge in [0.15, 0.2) is 0 Å². The second kappa shape index (κ2) is 11.0. The minimum Gasteiger partial charge on any atom is -0.476 e. The first-order valence-corrected chi connectivity index (χ1v) is 11.6. The van der Waals surface area contributed by atoms with Crippen molar-refractivity contribution in [3.8, 4) is 5.88 Å². The number of primary amides is 1. The number of hydrogen-bond acceptors (Lipinski definition) is 7. The van der Waals surface area contributed by atoms with Crippen LogP contribution in [-0.2, 0) is 0 Å². The molecule has 2 atom stereocenters. The van der Waals surface area contributed by atoms with Gasteiger partial charge in [-0.25, -0.2) is 13.6 Å². The van der Waals surface area contributed by atoms with Crippen LogP contribution in [0.25, 0.3) is 0 Å². The number of allylic oxidation sites excluding steroid dienone is 3. The van der Waals surface area contributed by atoms with Gasteiger partial charge in [0.2, 0.25) is 5.88 Å². The highest BCUT2D eigenvalue weighted by Crippen LogP contribution is 2.34. The van der Waals surface area contributed by atoms with Gasteiger partial charge in [-0.05, 0) is 56.7 Å². The number of halogens is 2. The maximum Gasteiger partial charge on any atom is 0.319 e. The minimum atomic E-state index is -1.82. The third kappa shape index (κ3) is 6.95. The predicted octanol–water partition coefficient (Wildman–Crippen LogP) is 2.15. The summed E-state index contributed by atoms with van der Waals surface area (Å²) in [6.45, 7) is 6.49. The number of nitrogens with zero attached hydrogens (tertiary/aromatic N) is 3. The van der Waals surface area contributed by atoms with Crippen LogP contribution >= 0.6 is 11.5 Å². The van der Waals surface area contributed by atoms with Crippen molar-refractivity contribution < 1.29 is 23.1 Å². The average molecular weight is 485 g/mol. The molecule has 3 amide bonds. The molecule has 1 aliphatic heterocycles. The lowest BCUT2D eigenvalue weighted by atomic mass is 9.87. The Morgan fingerprint density at radius 1 is 1.36 bits per heavy atom. The van der Waals surface area contributed by atoms with Gasteiger partial charge in [-0.15, -0.1) is 0 Å². The summed E-state index contributed by atoms with van der Waals surface area (Å²) >= 11 is 0.824. The van der Waals surface area contributed by atoms with E-state index in [1.165, 1.54) is 6.92 Å². The van der Waals surface area contributed by atoms with Gasteiger partial charge in [-0.2, -0.15) is 4.37 Å². The van der Waals surface area contributed by atoms with E-state index in [1.807, 2.05) is 0 Å². The third-order valence-electron chi connectivity index (χ3n) is 5.72. The Labute approximate surface area is 195 Å². The molecule has 1 saturated heterocycles. The number of carbonyl (C=O) groups is 2. The number of rotatable bonds is 9. The molecule has 3 rings (SSSR count). The van der Waals surface area contributed by atoms with Crippen LogP contribution < -0.4 is 21.1 Å². The van der Waals surface area contributed by atoms with Crippen LogP contribution in [0.1, 0.15) is 23.7 Å². The van der Waals surface area contributed by atoms with Crippen molar-refractivity contribution in [3.05, 3.63) is 29.6 Å². The summed E-state index contributed by atoms with van der Waals surface area (Å²) in [4.78, 5) is 28.8. The van der Waals surface area contributed by atoms with E-state index in [-0.39, 0.29) is 23.1 Å². The number of nitrogens with one attached hydrogen (secondary N) is 2. The van der Waals surface area contributed by atoms with Crippen molar-refractivity contribution in [2.24, 2.45) is 11.7 Å². The van der Waals surface area contributed by atoms with Crippen molar-refractivity contribution in [3.63, 3.8) is 0 Å². The molecule has 0 spiro atoms. The van der Waals surface area contributed by atoms with E-state index in [2.05, 4.69) is 31.9 Å². The molecule has 2 heterocycles. The van der Waals surface area contributed by atoms with Gasteiger partial charge in [0.25, 0.3) is 5.91 Å². The van der Waals surface area contributed by atoms with Gasteiger partial charge >= 0.3 is 6.03 Å². The highest BCUT2D eigenvalue weighted by molar-refractivity contribution is 7.11. The molecule has 1 aliphatic carbocycles. The summed E-state index contributed by atoms with van der Waals surface area (Å²) in [7, 11) is 2.10. The average Bonchev–Trinajstić information content (AvgIpc) is 3.15. The van der Waals surface area contributed by atoms with E-state index in [9.17, 15) is 18.4 Å². The molecule has 0 bridgehead atoms. The summed E-state index contributed by atoms with van der Waals surface area (Å²) in [5, 5.41) is 5.44. The van der Waals surface area contributed by atoms with E-state index in [1.54, 1.807) is 0 Å². The summed E-state index contributed by atoms with van der Waals surface area (Å²) in [5.74, 6) is -2.46. The van der Waals surface area contributed by atoms with Crippen LogP contribution in [0, 0.1) is 5.92 Å². The number of likely N-dealkylation sites (N-methyl/N-ethyl adjacent to an activating group) is 1. The number of carbonyl (C=O) groups excluding carboxylic acids is 2. The molecule has 2 aliphatic rings. The van der Waals surface area contributed by atoms with E-state index in [0.29, 0.717) is 6.54 Å². The lowest BCUT2D eigenvalue weighted by molar-refractivity contribution is 0.0991. The topological polar surface area (TPSA) is 113 Å². The summed E-state index contributed by atoms with van der Waals surface area (Å²) in [6.07, 6.45) is 4.08. The van der Waals surface area contributed by atoms with Crippen LogP contribution in [-0.4, -0.2) is 84.7 Å². The molecule has 1 fully saturated rings. The van der Waals surface area contributed by atoms with Crippen molar-refractivity contribution in [1.29, 1.82) is 0 Å². The van der Waals surface area contributed by atoms with Crippen LogP contribution in [0.2, 0.25) is 0 Å². The molecule has 2 unspecified atom stereocenters. The van der Waals surface area contributed by atoms with E-state index < -0.39 is 29.4 Å². The summed E-state index contributed by atoms with van der Waals surface area (Å²) < 4.78 is 37.6. The third-order valence-corrected chi connectivity index (χ3v) is 6.47.